The third kappa shape index (κ3) is 4.11. The van der Waals surface area contributed by atoms with Gasteiger partial charge in [0.1, 0.15) is 4.90 Å². The lowest BCUT2D eigenvalue weighted by Crippen LogP contribution is -2.30. The smallest absolute Gasteiger partial charge is 0.263 e. The molecule has 2 rings (SSSR count). The van der Waals surface area contributed by atoms with Gasteiger partial charge in [-0.25, -0.2) is 16.8 Å². The van der Waals surface area contributed by atoms with Gasteiger partial charge in [0.15, 0.2) is 0 Å². The van der Waals surface area contributed by atoms with Gasteiger partial charge in [0.25, 0.3) is 10.0 Å². The molecule has 0 bridgehead atoms. The highest BCUT2D eigenvalue weighted by Gasteiger charge is 2.24. The van der Waals surface area contributed by atoms with Crippen LogP contribution in [0.25, 0.3) is 0 Å². The molecule has 1 N–H and O–H groups in total. The number of hydrogen-bond donors (Lipinski definition) is 1. The Labute approximate surface area is 160 Å². The summed E-state index contributed by atoms with van der Waals surface area (Å²) in [5.41, 5.74) is 0.915. The van der Waals surface area contributed by atoms with Crippen molar-refractivity contribution in [2.45, 2.75) is 44.4 Å². The van der Waals surface area contributed by atoms with Crippen molar-refractivity contribution in [1.29, 1.82) is 0 Å². The summed E-state index contributed by atoms with van der Waals surface area (Å²) in [5, 5.41) is 0. The van der Waals surface area contributed by atoms with Gasteiger partial charge >= 0.3 is 0 Å². The van der Waals surface area contributed by atoms with Gasteiger partial charge in [-0.3, -0.25) is 4.72 Å². The van der Waals surface area contributed by atoms with Crippen LogP contribution in [0.15, 0.2) is 34.1 Å². The first-order valence-corrected chi connectivity index (χ1v) is 12.0. The normalized spacial score (nSPS) is 12.5. The van der Waals surface area contributed by atoms with Crippen LogP contribution in [0.1, 0.15) is 29.2 Å². The summed E-state index contributed by atoms with van der Waals surface area (Å²) < 4.78 is 54.7. The summed E-state index contributed by atoms with van der Waals surface area (Å²) >= 11 is 1.41. The van der Waals surface area contributed by atoms with E-state index >= 15 is 0 Å². The van der Waals surface area contributed by atoms with Gasteiger partial charge in [0.2, 0.25) is 10.0 Å². The van der Waals surface area contributed by atoms with E-state index in [1.165, 1.54) is 27.8 Å². The average Bonchev–Trinajstić information content (AvgIpc) is 2.89. The molecule has 0 saturated carbocycles. The zero-order valence-corrected chi connectivity index (χ0v) is 18.0. The summed E-state index contributed by atoms with van der Waals surface area (Å²) in [6.07, 6.45) is 0. The van der Waals surface area contributed by atoms with Crippen LogP contribution in [-0.4, -0.2) is 34.2 Å². The lowest BCUT2D eigenvalue weighted by Gasteiger charge is -2.19. The molecule has 26 heavy (non-hydrogen) atoms. The van der Waals surface area contributed by atoms with Gasteiger partial charge in [-0.2, -0.15) is 4.31 Å². The third-order valence-corrected chi connectivity index (χ3v) is 8.71. The molecule has 0 aliphatic rings. The zero-order valence-electron chi connectivity index (χ0n) is 15.5. The summed E-state index contributed by atoms with van der Waals surface area (Å²) in [7, 11) is -7.45. The lowest BCUT2D eigenvalue weighted by molar-refractivity contribution is 0.445. The highest BCUT2D eigenvalue weighted by atomic mass is 32.2. The number of aryl methyl sites for hydroxylation is 3. The van der Waals surface area contributed by atoms with Gasteiger partial charge in [0.05, 0.1) is 10.6 Å². The number of rotatable bonds is 7. The van der Waals surface area contributed by atoms with Crippen LogP contribution in [-0.2, 0) is 20.0 Å². The fourth-order valence-corrected chi connectivity index (χ4v) is 6.82. The Kier molecular flexibility index (Phi) is 6.17. The van der Waals surface area contributed by atoms with E-state index in [2.05, 4.69) is 4.72 Å². The molecule has 0 aliphatic heterocycles. The van der Waals surface area contributed by atoms with Crippen molar-refractivity contribution in [2.75, 3.05) is 17.8 Å². The minimum atomic E-state index is -3.79. The van der Waals surface area contributed by atoms with Gasteiger partial charge < -0.3 is 0 Å². The maximum Gasteiger partial charge on any atom is 0.263 e. The van der Waals surface area contributed by atoms with E-state index in [1.54, 1.807) is 39.8 Å². The summed E-state index contributed by atoms with van der Waals surface area (Å²) in [4.78, 5) is 1.89. The third-order valence-electron chi connectivity index (χ3n) is 4.08. The minimum Gasteiger partial charge on any atom is -0.279 e. The quantitative estimate of drug-likeness (QED) is 0.749. The van der Waals surface area contributed by atoms with E-state index in [9.17, 15) is 16.8 Å². The number of anilines is 1. The molecule has 2 aromatic rings. The van der Waals surface area contributed by atoms with Crippen LogP contribution in [0.2, 0.25) is 0 Å². The second kappa shape index (κ2) is 7.67. The molecule has 6 nitrogen and oxygen atoms in total. The van der Waals surface area contributed by atoms with E-state index in [-0.39, 0.29) is 15.5 Å². The molecular formula is C17H24N2O4S3. The van der Waals surface area contributed by atoms with Crippen LogP contribution in [0.5, 0.6) is 0 Å². The fraction of sp³-hybridized carbons (Fsp3) is 0.412. The second-order valence-corrected chi connectivity index (χ2v) is 11.0. The average molecular weight is 417 g/mol. The Balaban J connectivity index is 2.47. The highest BCUT2D eigenvalue weighted by molar-refractivity contribution is 7.93. The van der Waals surface area contributed by atoms with E-state index in [4.69, 9.17) is 0 Å². The van der Waals surface area contributed by atoms with E-state index in [1.807, 2.05) is 6.92 Å². The maximum atomic E-state index is 12.7. The van der Waals surface area contributed by atoms with Crippen molar-refractivity contribution in [1.82, 2.24) is 4.31 Å². The van der Waals surface area contributed by atoms with Crippen LogP contribution in [0.3, 0.4) is 0 Å². The first-order valence-electron chi connectivity index (χ1n) is 8.23. The Morgan fingerprint density at radius 1 is 1.00 bits per heavy atom. The number of thiophene rings is 1. The Morgan fingerprint density at radius 3 is 2.12 bits per heavy atom. The van der Waals surface area contributed by atoms with Crippen molar-refractivity contribution < 1.29 is 16.8 Å². The van der Waals surface area contributed by atoms with Gasteiger partial charge in [-0.15, -0.1) is 11.3 Å². The molecular weight excluding hydrogens is 392 g/mol. The predicted molar refractivity (Wildman–Crippen MR) is 106 cm³/mol. The number of sulfonamides is 2. The molecule has 0 aliphatic carbocycles. The van der Waals surface area contributed by atoms with Crippen LogP contribution in [0.4, 0.5) is 5.69 Å². The molecule has 0 saturated heterocycles. The molecule has 1 aromatic heterocycles. The SMILES string of the molecule is CCN(CC)S(=O)(=O)c1ccc(C)c(NS(=O)(=O)c2cc(C)sc2C)c1. The largest absolute Gasteiger partial charge is 0.279 e. The van der Waals surface area contributed by atoms with E-state index in [0.717, 1.165) is 4.88 Å². The van der Waals surface area contributed by atoms with Gasteiger partial charge in [0, 0.05) is 22.8 Å². The van der Waals surface area contributed by atoms with Crippen molar-refractivity contribution in [3.8, 4) is 0 Å². The summed E-state index contributed by atoms with van der Waals surface area (Å²) in [5.74, 6) is 0. The standard InChI is InChI=1S/C17H24N2O4S3/c1-6-19(7-2)26(22,23)15-9-8-12(3)16(11-15)18-25(20,21)17-10-13(4)24-14(17)5/h8-11,18H,6-7H2,1-5H3. The monoisotopic (exact) mass is 416 g/mol. The topological polar surface area (TPSA) is 83.6 Å². The summed E-state index contributed by atoms with van der Waals surface area (Å²) in [6, 6.07) is 6.12. The first kappa shape index (κ1) is 20.9. The van der Waals surface area contributed by atoms with Gasteiger partial charge in [-0.1, -0.05) is 19.9 Å². The van der Waals surface area contributed by atoms with E-state index < -0.39 is 20.0 Å². The Morgan fingerprint density at radius 2 is 1.62 bits per heavy atom. The number of hydrogen-bond acceptors (Lipinski definition) is 5. The van der Waals surface area contributed by atoms with Crippen LogP contribution >= 0.6 is 11.3 Å². The number of nitrogens with zero attached hydrogens (tertiary/aromatic N) is 1. The fourth-order valence-electron chi connectivity index (χ4n) is 2.66. The van der Waals surface area contributed by atoms with Crippen LogP contribution < -0.4 is 4.72 Å². The zero-order chi connectivity index (χ0) is 19.7. The van der Waals surface area contributed by atoms with E-state index in [0.29, 0.717) is 23.5 Å². The highest BCUT2D eigenvalue weighted by Crippen LogP contribution is 2.29. The van der Waals surface area contributed by atoms with Crippen molar-refractivity contribution >= 4 is 37.1 Å². The maximum absolute atomic E-state index is 12.7. The number of benzene rings is 1. The molecule has 1 heterocycles. The molecule has 0 amide bonds. The molecule has 144 valence electrons. The minimum absolute atomic E-state index is 0.0720. The number of nitrogens with one attached hydrogen (secondary N) is 1. The van der Waals surface area contributed by atoms with Crippen molar-refractivity contribution in [2.24, 2.45) is 0 Å². The molecule has 9 heteroatoms. The predicted octanol–water partition coefficient (Wildman–Crippen LogP) is 3.50. The van der Waals surface area contributed by atoms with Crippen molar-refractivity contribution in [3.05, 3.63) is 39.6 Å². The molecule has 0 spiro atoms. The Bertz CT molecular complexity index is 1000. The van der Waals surface area contributed by atoms with Gasteiger partial charge in [-0.05, 0) is 44.5 Å². The molecule has 1 aromatic carbocycles. The Hall–Kier alpha value is -1.42. The first-order chi connectivity index (χ1) is 12.0. The van der Waals surface area contributed by atoms with Crippen LogP contribution in [0, 0.1) is 20.8 Å². The van der Waals surface area contributed by atoms with Crippen molar-refractivity contribution in [3.63, 3.8) is 0 Å². The molecule has 0 atom stereocenters. The second-order valence-electron chi connectivity index (χ2n) is 5.95. The molecule has 0 radical (unpaired) electrons. The molecule has 0 unspecified atom stereocenters. The lowest BCUT2D eigenvalue weighted by atomic mass is 10.2. The molecule has 0 fully saturated rings. The summed E-state index contributed by atoms with van der Waals surface area (Å²) in [6.45, 7) is 9.56.